The zero-order chi connectivity index (χ0) is 19.8. The lowest BCUT2D eigenvalue weighted by molar-refractivity contribution is -0.138. The molecule has 7 heteroatoms. The Labute approximate surface area is 166 Å². The van der Waals surface area contributed by atoms with Crippen LogP contribution in [0.25, 0.3) is 21.9 Å². The number of nitrogens with one attached hydrogen (secondary N) is 2. The first-order valence-corrected chi connectivity index (χ1v) is 9.31. The lowest BCUT2D eigenvalue weighted by atomic mass is 9.91. The minimum absolute atomic E-state index is 0.0531. The smallest absolute Gasteiger partial charge is 0.235 e. The highest BCUT2D eigenvalue weighted by Crippen LogP contribution is 2.36. The lowest BCUT2D eigenvalue weighted by Gasteiger charge is -2.27. The minimum atomic E-state index is -1.02. The molecule has 4 N–H and O–H groups in total. The number of halogens is 1. The Hall–Kier alpha value is -3.06. The highest BCUT2D eigenvalue weighted by atomic mass is 32.1. The SMILES string of the molecule is Nc1ccc2ccccc2c1-c1cccc(CC2C(=O)NC(S)NC2=O)c1F. The van der Waals surface area contributed by atoms with Crippen molar-refractivity contribution in [3.8, 4) is 11.1 Å². The molecular formula is C21H18FN3O2S. The molecule has 1 fully saturated rings. The van der Waals surface area contributed by atoms with E-state index >= 15 is 4.39 Å². The number of carbonyl (C=O) groups is 2. The summed E-state index contributed by atoms with van der Waals surface area (Å²) in [5.41, 5.74) is 7.12. The van der Waals surface area contributed by atoms with Crippen molar-refractivity contribution in [1.82, 2.24) is 10.6 Å². The Morgan fingerprint density at radius 3 is 2.43 bits per heavy atom. The standard InChI is InChI=1S/C21H18FN3O2S/c22-18-12(10-15-19(26)24-21(28)25-20(15)27)5-3-7-14(18)17-13-6-2-1-4-11(13)8-9-16(17)23/h1-9,15,21,28H,10,23H2,(H,24,26)(H,25,27). The van der Waals surface area contributed by atoms with Gasteiger partial charge in [0.2, 0.25) is 11.8 Å². The first-order valence-electron chi connectivity index (χ1n) is 8.79. The summed E-state index contributed by atoms with van der Waals surface area (Å²) < 4.78 is 15.4. The van der Waals surface area contributed by atoms with Gasteiger partial charge in [0.05, 0.1) is 0 Å². The van der Waals surface area contributed by atoms with Crippen LogP contribution in [0.3, 0.4) is 0 Å². The number of fused-ring (bicyclic) bond motifs is 1. The van der Waals surface area contributed by atoms with Crippen molar-refractivity contribution in [2.75, 3.05) is 5.73 Å². The van der Waals surface area contributed by atoms with Crippen molar-refractivity contribution < 1.29 is 14.0 Å². The van der Waals surface area contributed by atoms with Gasteiger partial charge in [-0.1, -0.05) is 48.5 Å². The van der Waals surface area contributed by atoms with Crippen LogP contribution in [0.5, 0.6) is 0 Å². The maximum absolute atomic E-state index is 15.4. The average molecular weight is 395 g/mol. The highest BCUT2D eigenvalue weighted by Gasteiger charge is 2.34. The molecule has 0 unspecified atom stereocenters. The summed E-state index contributed by atoms with van der Waals surface area (Å²) >= 11 is 4.02. The van der Waals surface area contributed by atoms with E-state index in [1.807, 2.05) is 30.3 Å². The van der Waals surface area contributed by atoms with Gasteiger partial charge in [-0.25, -0.2) is 4.39 Å². The fourth-order valence-electron chi connectivity index (χ4n) is 3.55. The second-order valence-corrected chi connectivity index (χ2v) is 7.22. The molecule has 5 nitrogen and oxygen atoms in total. The Morgan fingerprint density at radius 2 is 1.68 bits per heavy atom. The van der Waals surface area contributed by atoms with E-state index in [4.69, 9.17) is 5.73 Å². The van der Waals surface area contributed by atoms with Crippen molar-refractivity contribution in [2.45, 2.75) is 11.9 Å². The second kappa shape index (κ2) is 7.16. The molecule has 3 aromatic carbocycles. The van der Waals surface area contributed by atoms with Crippen molar-refractivity contribution >= 4 is 40.9 Å². The van der Waals surface area contributed by atoms with E-state index < -0.39 is 29.0 Å². The van der Waals surface area contributed by atoms with Gasteiger partial charge in [0.25, 0.3) is 0 Å². The Balaban J connectivity index is 1.78. The summed E-state index contributed by atoms with van der Waals surface area (Å²) in [4.78, 5) is 24.3. The number of carbonyl (C=O) groups excluding carboxylic acids is 2. The molecule has 0 aromatic heterocycles. The maximum atomic E-state index is 15.4. The molecule has 0 radical (unpaired) electrons. The molecule has 0 saturated carbocycles. The maximum Gasteiger partial charge on any atom is 0.235 e. The average Bonchev–Trinajstić information content (AvgIpc) is 2.66. The molecule has 0 spiro atoms. The molecule has 4 rings (SSSR count). The van der Waals surface area contributed by atoms with E-state index in [-0.39, 0.29) is 12.0 Å². The van der Waals surface area contributed by atoms with Gasteiger partial charge in [0.1, 0.15) is 17.2 Å². The van der Waals surface area contributed by atoms with Gasteiger partial charge in [-0.05, 0) is 28.8 Å². The van der Waals surface area contributed by atoms with E-state index in [0.29, 0.717) is 16.8 Å². The molecule has 0 aliphatic carbocycles. The predicted octanol–water partition coefficient (Wildman–Crippen LogP) is 2.85. The summed E-state index contributed by atoms with van der Waals surface area (Å²) in [5, 5.41) is 6.84. The summed E-state index contributed by atoms with van der Waals surface area (Å²) in [6.45, 7) is 0. The van der Waals surface area contributed by atoms with Crippen LogP contribution in [0.2, 0.25) is 0 Å². The van der Waals surface area contributed by atoms with Gasteiger partial charge in [0.15, 0.2) is 0 Å². The fourth-order valence-corrected chi connectivity index (χ4v) is 3.81. The van der Waals surface area contributed by atoms with Crippen LogP contribution in [0.1, 0.15) is 5.56 Å². The molecule has 0 atom stereocenters. The Kier molecular flexibility index (Phi) is 4.68. The van der Waals surface area contributed by atoms with Crippen LogP contribution in [-0.2, 0) is 16.0 Å². The van der Waals surface area contributed by atoms with Crippen LogP contribution in [0.15, 0.2) is 54.6 Å². The van der Waals surface area contributed by atoms with Crippen LogP contribution in [0, 0.1) is 11.7 Å². The summed E-state index contributed by atoms with van der Waals surface area (Å²) in [5.74, 6) is -2.45. The molecule has 3 aromatic rings. The number of nitrogens with two attached hydrogens (primary N) is 1. The zero-order valence-electron chi connectivity index (χ0n) is 14.8. The van der Waals surface area contributed by atoms with E-state index in [0.717, 1.165) is 10.8 Å². The molecule has 1 aliphatic heterocycles. The molecule has 1 heterocycles. The van der Waals surface area contributed by atoms with Crippen molar-refractivity contribution in [3.63, 3.8) is 0 Å². The third kappa shape index (κ3) is 3.18. The van der Waals surface area contributed by atoms with Crippen molar-refractivity contribution in [2.24, 2.45) is 5.92 Å². The molecule has 1 aliphatic rings. The normalized spacial score (nSPS) is 19.4. The number of anilines is 1. The van der Waals surface area contributed by atoms with Gasteiger partial charge < -0.3 is 16.4 Å². The van der Waals surface area contributed by atoms with Crippen molar-refractivity contribution in [3.05, 3.63) is 66.0 Å². The first-order chi connectivity index (χ1) is 13.5. The third-order valence-corrected chi connectivity index (χ3v) is 5.18. The number of nitrogen functional groups attached to an aromatic ring is 1. The number of amides is 2. The van der Waals surface area contributed by atoms with Gasteiger partial charge >= 0.3 is 0 Å². The van der Waals surface area contributed by atoms with E-state index in [1.54, 1.807) is 24.3 Å². The Morgan fingerprint density at radius 1 is 0.964 bits per heavy atom. The van der Waals surface area contributed by atoms with Crippen LogP contribution >= 0.6 is 12.6 Å². The van der Waals surface area contributed by atoms with E-state index in [9.17, 15) is 9.59 Å². The van der Waals surface area contributed by atoms with Crippen molar-refractivity contribution in [1.29, 1.82) is 0 Å². The molecular weight excluding hydrogens is 377 g/mol. The minimum Gasteiger partial charge on any atom is -0.398 e. The largest absolute Gasteiger partial charge is 0.398 e. The van der Waals surface area contributed by atoms with Gasteiger partial charge in [-0.15, -0.1) is 12.6 Å². The van der Waals surface area contributed by atoms with Gasteiger partial charge in [0, 0.05) is 16.8 Å². The van der Waals surface area contributed by atoms with Gasteiger partial charge in [-0.3, -0.25) is 9.59 Å². The van der Waals surface area contributed by atoms with Crippen LogP contribution in [-0.4, -0.2) is 17.3 Å². The number of hydrogen-bond acceptors (Lipinski definition) is 4. The quantitative estimate of drug-likeness (QED) is 0.313. The summed E-state index contributed by atoms with van der Waals surface area (Å²) in [7, 11) is 0. The summed E-state index contributed by atoms with van der Waals surface area (Å²) in [6.07, 6.45) is -0.0531. The second-order valence-electron chi connectivity index (χ2n) is 6.71. The van der Waals surface area contributed by atoms with E-state index in [1.165, 1.54) is 0 Å². The lowest BCUT2D eigenvalue weighted by Crippen LogP contribution is -2.57. The predicted molar refractivity (Wildman–Crippen MR) is 110 cm³/mol. The van der Waals surface area contributed by atoms with Gasteiger partial charge in [-0.2, -0.15) is 0 Å². The molecule has 1 saturated heterocycles. The van der Waals surface area contributed by atoms with E-state index in [2.05, 4.69) is 23.3 Å². The molecule has 2 amide bonds. The number of thiol groups is 1. The molecule has 142 valence electrons. The monoisotopic (exact) mass is 395 g/mol. The van der Waals surface area contributed by atoms with Crippen LogP contribution in [0.4, 0.5) is 10.1 Å². The number of rotatable bonds is 3. The fraction of sp³-hybridized carbons (Fsp3) is 0.143. The number of hydrogen-bond donors (Lipinski definition) is 4. The Bertz CT molecular complexity index is 1080. The topological polar surface area (TPSA) is 84.2 Å². The zero-order valence-corrected chi connectivity index (χ0v) is 15.7. The summed E-state index contributed by atoms with van der Waals surface area (Å²) in [6, 6.07) is 16.2. The third-order valence-electron chi connectivity index (χ3n) is 4.92. The molecule has 0 bridgehead atoms. The van der Waals surface area contributed by atoms with Crippen LogP contribution < -0.4 is 16.4 Å². The highest BCUT2D eigenvalue weighted by molar-refractivity contribution is 7.80. The molecule has 28 heavy (non-hydrogen) atoms. The first kappa shape index (κ1) is 18.3. The number of benzene rings is 3.